The van der Waals surface area contributed by atoms with Crippen LogP contribution in [0.1, 0.15) is 12.0 Å². The highest BCUT2D eigenvalue weighted by molar-refractivity contribution is 5.62. The van der Waals surface area contributed by atoms with Crippen molar-refractivity contribution in [1.82, 2.24) is 4.90 Å². The van der Waals surface area contributed by atoms with Crippen molar-refractivity contribution in [3.05, 3.63) is 33.9 Å². The molecule has 0 amide bonds. The lowest BCUT2D eigenvalue weighted by atomic mass is 10.1. The molecule has 128 valence electrons. The molecule has 1 aliphatic heterocycles. The molecule has 0 aliphatic carbocycles. The maximum atomic E-state index is 12.3. The second-order valence-electron chi connectivity index (χ2n) is 5.65. The van der Waals surface area contributed by atoms with Gasteiger partial charge in [0.25, 0.3) is 5.69 Å². The minimum Gasteiger partial charge on any atom is -0.392 e. The van der Waals surface area contributed by atoms with Crippen molar-refractivity contribution in [2.45, 2.75) is 19.2 Å². The molecule has 0 saturated carbocycles. The summed E-state index contributed by atoms with van der Waals surface area (Å²) in [6.07, 6.45) is -3.59. The van der Waals surface area contributed by atoms with Crippen LogP contribution in [0.3, 0.4) is 0 Å². The van der Waals surface area contributed by atoms with E-state index >= 15 is 0 Å². The standard InChI is InChI=1S/C14H18F3N3O3/c15-14(16,17)9-19-4-3-11(7-19)6-18-12-2-1-10(8-21)5-13(12)20(22)23/h1-2,5,11,18,21H,3-4,6-9H2. The molecule has 9 heteroatoms. The number of rotatable bonds is 6. The first-order chi connectivity index (χ1) is 10.8. The van der Waals surface area contributed by atoms with Gasteiger partial charge in [0.05, 0.1) is 18.1 Å². The van der Waals surface area contributed by atoms with Crippen LogP contribution in [0.2, 0.25) is 0 Å². The molecule has 0 aromatic heterocycles. The van der Waals surface area contributed by atoms with E-state index in [2.05, 4.69) is 5.32 Å². The average Bonchev–Trinajstić information content (AvgIpc) is 2.90. The molecular weight excluding hydrogens is 315 g/mol. The number of nitrogens with one attached hydrogen (secondary N) is 1. The van der Waals surface area contributed by atoms with Crippen molar-refractivity contribution < 1.29 is 23.2 Å². The number of nitro benzene ring substituents is 1. The molecule has 1 atom stereocenters. The number of halogens is 3. The lowest BCUT2D eigenvalue weighted by molar-refractivity contribution is -0.384. The van der Waals surface area contributed by atoms with E-state index in [-0.39, 0.29) is 18.2 Å². The summed E-state index contributed by atoms with van der Waals surface area (Å²) < 4.78 is 37.0. The third kappa shape index (κ3) is 5.07. The molecule has 1 fully saturated rings. The fourth-order valence-electron chi connectivity index (χ4n) is 2.71. The van der Waals surface area contributed by atoms with Gasteiger partial charge in [-0.3, -0.25) is 15.0 Å². The number of nitrogens with zero attached hydrogens (tertiary/aromatic N) is 2. The van der Waals surface area contributed by atoms with Crippen molar-refractivity contribution in [3.8, 4) is 0 Å². The molecule has 1 saturated heterocycles. The van der Waals surface area contributed by atoms with E-state index < -0.39 is 17.6 Å². The Morgan fingerprint density at radius 1 is 1.43 bits per heavy atom. The summed E-state index contributed by atoms with van der Waals surface area (Å²) in [5, 5.41) is 23.0. The number of aliphatic hydroxyl groups is 1. The zero-order valence-electron chi connectivity index (χ0n) is 12.3. The van der Waals surface area contributed by atoms with Crippen LogP contribution < -0.4 is 5.32 Å². The largest absolute Gasteiger partial charge is 0.401 e. The highest BCUT2D eigenvalue weighted by Crippen LogP contribution is 2.27. The number of nitro groups is 1. The summed E-state index contributed by atoms with van der Waals surface area (Å²) in [6, 6.07) is 4.36. The summed E-state index contributed by atoms with van der Waals surface area (Å²) in [7, 11) is 0. The zero-order valence-corrected chi connectivity index (χ0v) is 12.3. The molecule has 1 aromatic rings. The summed E-state index contributed by atoms with van der Waals surface area (Å²) >= 11 is 0. The Morgan fingerprint density at radius 3 is 2.78 bits per heavy atom. The number of likely N-dealkylation sites (tertiary alicyclic amines) is 1. The number of anilines is 1. The van der Waals surface area contributed by atoms with E-state index in [1.54, 1.807) is 6.07 Å². The maximum absolute atomic E-state index is 12.3. The number of benzene rings is 1. The van der Waals surface area contributed by atoms with E-state index in [0.29, 0.717) is 37.3 Å². The van der Waals surface area contributed by atoms with Crippen LogP contribution in [0.15, 0.2) is 18.2 Å². The predicted octanol–water partition coefficient (Wildman–Crippen LogP) is 2.38. The van der Waals surface area contributed by atoms with E-state index in [1.807, 2.05) is 0 Å². The highest BCUT2D eigenvalue weighted by Gasteiger charge is 2.34. The highest BCUT2D eigenvalue weighted by atomic mass is 19.4. The fraction of sp³-hybridized carbons (Fsp3) is 0.571. The van der Waals surface area contributed by atoms with Crippen LogP contribution in [-0.2, 0) is 6.61 Å². The van der Waals surface area contributed by atoms with Crippen LogP contribution in [0.25, 0.3) is 0 Å². The molecule has 0 radical (unpaired) electrons. The fourth-order valence-corrected chi connectivity index (χ4v) is 2.71. The van der Waals surface area contributed by atoms with E-state index in [9.17, 15) is 23.3 Å². The van der Waals surface area contributed by atoms with Crippen molar-refractivity contribution >= 4 is 11.4 Å². The van der Waals surface area contributed by atoms with Crippen LogP contribution in [0, 0.1) is 16.0 Å². The number of hydrogen-bond donors (Lipinski definition) is 2. The normalized spacial score (nSPS) is 19.0. The van der Waals surface area contributed by atoms with Crippen molar-refractivity contribution in [2.24, 2.45) is 5.92 Å². The van der Waals surface area contributed by atoms with Gasteiger partial charge in [-0.25, -0.2) is 0 Å². The summed E-state index contributed by atoms with van der Waals surface area (Å²) in [4.78, 5) is 11.8. The molecule has 0 spiro atoms. The first-order valence-corrected chi connectivity index (χ1v) is 7.19. The minimum atomic E-state index is -4.21. The molecule has 0 bridgehead atoms. The quantitative estimate of drug-likeness (QED) is 0.617. The van der Waals surface area contributed by atoms with Gasteiger partial charge in [0, 0.05) is 19.2 Å². The Morgan fingerprint density at radius 2 is 2.17 bits per heavy atom. The van der Waals surface area contributed by atoms with Crippen LogP contribution in [0.4, 0.5) is 24.5 Å². The van der Waals surface area contributed by atoms with E-state index in [0.717, 1.165) is 0 Å². The summed E-state index contributed by atoms with van der Waals surface area (Å²) in [5.74, 6) is 0.00877. The Kier molecular flexibility index (Phi) is 5.42. The van der Waals surface area contributed by atoms with Gasteiger partial charge >= 0.3 is 6.18 Å². The van der Waals surface area contributed by atoms with Crippen LogP contribution >= 0.6 is 0 Å². The van der Waals surface area contributed by atoms with Crippen LogP contribution in [0.5, 0.6) is 0 Å². The maximum Gasteiger partial charge on any atom is 0.401 e. The average molecular weight is 333 g/mol. The lowest BCUT2D eigenvalue weighted by Gasteiger charge is -2.18. The molecule has 1 heterocycles. The van der Waals surface area contributed by atoms with Gasteiger partial charge in [-0.1, -0.05) is 6.07 Å². The molecular formula is C14H18F3N3O3. The monoisotopic (exact) mass is 333 g/mol. The first-order valence-electron chi connectivity index (χ1n) is 7.19. The second-order valence-corrected chi connectivity index (χ2v) is 5.65. The Hall–Kier alpha value is -1.87. The third-order valence-corrected chi connectivity index (χ3v) is 3.80. The molecule has 1 aromatic carbocycles. The van der Waals surface area contributed by atoms with Crippen molar-refractivity contribution in [2.75, 3.05) is 31.5 Å². The summed E-state index contributed by atoms with van der Waals surface area (Å²) in [5.41, 5.74) is 0.586. The van der Waals surface area contributed by atoms with E-state index in [4.69, 9.17) is 5.11 Å². The van der Waals surface area contributed by atoms with Gasteiger partial charge in [0.15, 0.2) is 0 Å². The second kappa shape index (κ2) is 7.14. The third-order valence-electron chi connectivity index (χ3n) is 3.80. The summed E-state index contributed by atoms with van der Waals surface area (Å²) in [6.45, 7) is -0.162. The topological polar surface area (TPSA) is 78.6 Å². The van der Waals surface area contributed by atoms with Gasteiger partial charge in [-0.2, -0.15) is 13.2 Å². The van der Waals surface area contributed by atoms with Crippen molar-refractivity contribution in [3.63, 3.8) is 0 Å². The van der Waals surface area contributed by atoms with Gasteiger partial charge in [0.1, 0.15) is 5.69 Å². The Labute approximate surface area is 131 Å². The zero-order chi connectivity index (χ0) is 17.0. The number of hydrogen-bond acceptors (Lipinski definition) is 5. The van der Waals surface area contributed by atoms with Gasteiger partial charge < -0.3 is 10.4 Å². The molecule has 2 N–H and O–H groups in total. The molecule has 23 heavy (non-hydrogen) atoms. The number of aliphatic hydroxyl groups excluding tert-OH is 1. The lowest BCUT2D eigenvalue weighted by Crippen LogP contribution is -2.33. The molecule has 1 aliphatic rings. The molecule has 1 unspecified atom stereocenters. The van der Waals surface area contributed by atoms with Crippen LogP contribution in [-0.4, -0.2) is 47.3 Å². The smallest absolute Gasteiger partial charge is 0.392 e. The first kappa shape index (κ1) is 17.5. The van der Waals surface area contributed by atoms with Crippen molar-refractivity contribution in [1.29, 1.82) is 0 Å². The Balaban J connectivity index is 1.93. The molecule has 6 nitrogen and oxygen atoms in total. The SMILES string of the molecule is O=[N+]([O-])c1cc(CO)ccc1NCC1CCN(CC(F)(F)F)C1. The molecule has 2 rings (SSSR count). The Bertz CT molecular complexity index is 566. The van der Waals surface area contributed by atoms with Gasteiger partial charge in [-0.15, -0.1) is 0 Å². The number of alkyl halides is 3. The minimum absolute atomic E-state index is 0.00877. The van der Waals surface area contributed by atoms with Gasteiger partial charge in [0.2, 0.25) is 0 Å². The predicted molar refractivity (Wildman–Crippen MR) is 78.1 cm³/mol. The van der Waals surface area contributed by atoms with E-state index in [1.165, 1.54) is 17.0 Å². The van der Waals surface area contributed by atoms with Gasteiger partial charge in [-0.05, 0) is 30.5 Å².